The van der Waals surface area contributed by atoms with Gasteiger partial charge in [-0.2, -0.15) is 0 Å². The Hall–Kier alpha value is -7.56. The van der Waals surface area contributed by atoms with Crippen LogP contribution in [-0.2, 0) is 0 Å². The Morgan fingerprint density at radius 3 is 1.32 bits per heavy atom. The van der Waals surface area contributed by atoms with Gasteiger partial charge in [0.15, 0.2) is 5.82 Å². The monoisotopic (exact) mass is 714 g/mol. The minimum Gasteiger partial charge on any atom is -0.245 e. The number of rotatable bonds is 7. The van der Waals surface area contributed by atoms with Crippen molar-refractivity contribution in [3.8, 4) is 78.7 Å². The number of hydrogen-bond acceptors (Lipinski definition) is 4. The fourth-order valence-corrected chi connectivity index (χ4v) is 7.43. The van der Waals surface area contributed by atoms with E-state index >= 15 is 0 Å². The Bertz CT molecular complexity index is 2940. The normalized spacial score (nSPS) is 11.2. The summed E-state index contributed by atoms with van der Waals surface area (Å²) in [5, 5.41) is 2.12. The standard InChI is InChI=1S/C52H34N4/c1-5-15-35(16-6-1)46-30-28-38-27-29-44-45(33-47(36-17-7-2-8-18-36)54-51(44)50(38)53-46)42-25-13-23-40(31-42)41-24-14-26-43(32-41)49-34-48(37-19-9-3-10-20-37)55-52(56-49)39-21-11-4-12-22-39/h1-34H. The van der Waals surface area contributed by atoms with Crippen molar-refractivity contribution in [2.45, 2.75) is 0 Å². The zero-order valence-corrected chi connectivity index (χ0v) is 30.4. The van der Waals surface area contributed by atoms with Crippen LogP contribution in [0.4, 0.5) is 0 Å². The van der Waals surface area contributed by atoms with Crippen molar-refractivity contribution in [3.63, 3.8) is 0 Å². The Morgan fingerprint density at radius 2 is 0.696 bits per heavy atom. The first-order chi connectivity index (χ1) is 27.7. The molecule has 0 aliphatic carbocycles. The van der Waals surface area contributed by atoms with E-state index in [4.69, 9.17) is 19.9 Å². The highest BCUT2D eigenvalue weighted by atomic mass is 14.9. The topological polar surface area (TPSA) is 51.6 Å². The van der Waals surface area contributed by atoms with Gasteiger partial charge in [-0.05, 0) is 52.6 Å². The van der Waals surface area contributed by atoms with Crippen LogP contribution in [0, 0.1) is 0 Å². The van der Waals surface area contributed by atoms with Crippen molar-refractivity contribution < 1.29 is 0 Å². The smallest absolute Gasteiger partial charge is 0.160 e. The number of hydrogen-bond donors (Lipinski definition) is 0. The van der Waals surface area contributed by atoms with Crippen LogP contribution < -0.4 is 0 Å². The SMILES string of the molecule is c1ccc(-c2cc(-c3cccc(-c4cccc(-c5cc(-c6ccccc6)nc6c5ccc5ccc(-c7ccccc7)nc56)c4)c3)nc(-c3ccccc3)n2)cc1. The molecule has 56 heavy (non-hydrogen) atoms. The molecule has 0 aliphatic rings. The maximum absolute atomic E-state index is 5.30. The maximum Gasteiger partial charge on any atom is 0.160 e. The van der Waals surface area contributed by atoms with Crippen LogP contribution in [0.2, 0.25) is 0 Å². The van der Waals surface area contributed by atoms with Crippen molar-refractivity contribution in [2.24, 2.45) is 0 Å². The molecule has 3 aromatic heterocycles. The summed E-state index contributed by atoms with van der Waals surface area (Å²) in [7, 11) is 0. The average molecular weight is 715 g/mol. The van der Waals surface area contributed by atoms with Crippen LogP contribution in [0.1, 0.15) is 0 Å². The first-order valence-electron chi connectivity index (χ1n) is 18.8. The number of pyridine rings is 2. The number of fused-ring (bicyclic) bond motifs is 3. The summed E-state index contributed by atoms with van der Waals surface area (Å²) in [5.74, 6) is 0.700. The van der Waals surface area contributed by atoms with Gasteiger partial charge in [0.25, 0.3) is 0 Å². The van der Waals surface area contributed by atoms with E-state index in [9.17, 15) is 0 Å². The second-order valence-electron chi connectivity index (χ2n) is 13.9. The molecule has 0 unspecified atom stereocenters. The molecule has 0 saturated carbocycles. The van der Waals surface area contributed by atoms with Crippen LogP contribution in [0.25, 0.3) is 100 Å². The highest BCUT2D eigenvalue weighted by Gasteiger charge is 2.16. The third kappa shape index (κ3) is 6.40. The molecule has 0 aliphatic heterocycles. The highest BCUT2D eigenvalue weighted by molar-refractivity contribution is 6.10. The molecule has 0 amide bonds. The molecule has 3 heterocycles. The summed E-state index contributed by atoms with van der Waals surface area (Å²) in [5.41, 5.74) is 15.0. The van der Waals surface area contributed by atoms with Crippen LogP contribution >= 0.6 is 0 Å². The van der Waals surface area contributed by atoms with Gasteiger partial charge in [-0.3, -0.25) is 0 Å². The van der Waals surface area contributed by atoms with E-state index in [-0.39, 0.29) is 0 Å². The quantitative estimate of drug-likeness (QED) is 0.154. The molecule has 0 fully saturated rings. The molecule has 0 atom stereocenters. The number of nitrogens with zero attached hydrogens (tertiary/aromatic N) is 4. The van der Waals surface area contributed by atoms with E-state index in [1.165, 1.54) is 0 Å². The second kappa shape index (κ2) is 14.3. The van der Waals surface area contributed by atoms with Gasteiger partial charge < -0.3 is 0 Å². The fraction of sp³-hybridized carbons (Fsp3) is 0. The minimum atomic E-state index is 0.700. The molecule has 4 heteroatoms. The maximum atomic E-state index is 5.30. The van der Waals surface area contributed by atoms with Crippen LogP contribution in [0.15, 0.2) is 206 Å². The van der Waals surface area contributed by atoms with Crippen molar-refractivity contribution in [3.05, 3.63) is 206 Å². The first kappa shape index (κ1) is 33.0. The van der Waals surface area contributed by atoms with Gasteiger partial charge in [0.05, 0.1) is 33.8 Å². The lowest BCUT2D eigenvalue weighted by molar-refractivity contribution is 1.18. The van der Waals surface area contributed by atoms with E-state index in [1.54, 1.807) is 0 Å². The van der Waals surface area contributed by atoms with Crippen molar-refractivity contribution in [1.29, 1.82) is 0 Å². The summed E-state index contributed by atoms with van der Waals surface area (Å²) >= 11 is 0. The zero-order chi connectivity index (χ0) is 37.3. The lowest BCUT2D eigenvalue weighted by atomic mass is 9.93. The molecule has 0 N–H and O–H groups in total. The van der Waals surface area contributed by atoms with E-state index in [2.05, 4.69) is 146 Å². The van der Waals surface area contributed by atoms with Gasteiger partial charge >= 0.3 is 0 Å². The summed E-state index contributed by atoms with van der Waals surface area (Å²) in [6.45, 7) is 0. The minimum absolute atomic E-state index is 0.700. The molecule has 0 saturated heterocycles. The average Bonchev–Trinajstić information content (AvgIpc) is 3.29. The van der Waals surface area contributed by atoms with Gasteiger partial charge in [0, 0.05) is 38.6 Å². The Balaban J connectivity index is 1.11. The summed E-state index contributed by atoms with van der Waals surface area (Å²) in [4.78, 5) is 20.6. The molecular weight excluding hydrogens is 681 g/mol. The number of aromatic nitrogens is 4. The Morgan fingerprint density at radius 1 is 0.250 bits per heavy atom. The molecule has 4 nitrogen and oxygen atoms in total. The van der Waals surface area contributed by atoms with E-state index < -0.39 is 0 Å². The molecule has 7 aromatic carbocycles. The lowest BCUT2D eigenvalue weighted by Gasteiger charge is -2.14. The molecule has 262 valence electrons. The van der Waals surface area contributed by atoms with Crippen molar-refractivity contribution in [1.82, 2.24) is 19.9 Å². The van der Waals surface area contributed by atoms with Gasteiger partial charge in [-0.25, -0.2) is 19.9 Å². The van der Waals surface area contributed by atoms with E-state index in [0.717, 1.165) is 94.7 Å². The number of benzene rings is 7. The predicted molar refractivity (Wildman–Crippen MR) is 231 cm³/mol. The first-order valence-corrected chi connectivity index (χ1v) is 18.8. The van der Waals surface area contributed by atoms with Gasteiger partial charge in [-0.15, -0.1) is 0 Å². The zero-order valence-electron chi connectivity index (χ0n) is 30.4. The Kier molecular flexibility index (Phi) is 8.47. The lowest BCUT2D eigenvalue weighted by Crippen LogP contribution is -1.96. The van der Waals surface area contributed by atoms with Gasteiger partial charge in [0.1, 0.15) is 0 Å². The molecule has 10 rings (SSSR count). The fourth-order valence-electron chi connectivity index (χ4n) is 7.43. The summed E-state index contributed by atoms with van der Waals surface area (Å²) in [6, 6.07) is 71.6. The third-order valence-corrected chi connectivity index (χ3v) is 10.3. The molecule has 0 radical (unpaired) electrons. The van der Waals surface area contributed by atoms with Gasteiger partial charge in [0.2, 0.25) is 0 Å². The molecule has 0 spiro atoms. The third-order valence-electron chi connectivity index (χ3n) is 10.3. The van der Waals surface area contributed by atoms with E-state index in [1.807, 2.05) is 60.7 Å². The molecule has 0 bridgehead atoms. The van der Waals surface area contributed by atoms with Crippen molar-refractivity contribution in [2.75, 3.05) is 0 Å². The Labute approximate surface area is 325 Å². The molecular formula is C52H34N4. The van der Waals surface area contributed by atoms with Crippen LogP contribution in [0.3, 0.4) is 0 Å². The predicted octanol–water partition coefficient (Wildman–Crippen LogP) is 13.2. The largest absolute Gasteiger partial charge is 0.245 e. The van der Waals surface area contributed by atoms with Crippen molar-refractivity contribution >= 4 is 21.8 Å². The highest BCUT2D eigenvalue weighted by Crippen LogP contribution is 2.38. The van der Waals surface area contributed by atoms with E-state index in [0.29, 0.717) is 5.82 Å². The summed E-state index contributed by atoms with van der Waals surface area (Å²) < 4.78 is 0. The molecule has 10 aromatic rings. The second-order valence-corrected chi connectivity index (χ2v) is 13.9. The van der Waals surface area contributed by atoms with Crippen LogP contribution in [-0.4, -0.2) is 19.9 Å². The summed E-state index contributed by atoms with van der Waals surface area (Å²) in [6.07, 6.45) is 0. The van der Waals surface area contributed by atoms with Gasteiger partial charge in [-0.1, -0.05) is 176 Å². The van der Waals surface area contributed by atoms with Crippen LogP contribution in [0.5, 0.6) is 0 Å².